The van der Waals surface area contributed by atoms with Gasteiger partial charge in [-0.05, 0) is 36.4 Å². The first kappa shape index (κ1) is 22.8. The Morgan fingerprint density at radius 3 is 2.59 bits per heavy atom. The van der Waals surface area contributed by atoms with Crippen molar-refractivity contribution in [1.29, 1.82) is 0 Å². The number of benzene rings is 2. The van der Waals surface area contributed by atoms with Crippen molar-refractivity contribution in [3.8, 4) is 11.4 Å². The number of aliphatic carboxylic acids is 1. The molecule has 0 aliphatic rings. The summed E-state index contributed by atoms with van der Waals surface area (Å²) in [7, 11) is -4.12. The quantitative estimate of drug-likeness (QED) is 0.227. The number of aromatic amines is 1. The van der Waals surface area contributed by atoms with E-state index >= 15 is 0 Å². The summed E-state index contributed by atoms with van der Waals surface area (Å²) in [6.45, 7) is -0.787. The number of fused-ring (bicyclic) bond motifs is 1. The van der Waals surface area contributed by atoms with Crippen molar-refractivity contribution >= 4 is 39.1 Å². The number of urea groups is 1. The van der Waals surface area contributed by atoms with Crippen LogP contribution in [0.2, 0.25) is 0 Å². The van der Waals surface area contributed by atoms with Gasteiger partial charge >= 0.3 is 22.1 Å². The van der Waals surface area contributed by atoms with Crippen LogP contribution in [0.1, 0.15) is 0 Å². The summed E-state index contributed by atoms with van der Waals surface area (Å²) in [5.41, 5.74) is 1.48. The summed E-state index contributed by atoms with van der Waals surface area (Å²) in [5, 5.41) is 22.2. The highest BCUT2D eigenvalue weighted by Crippen LogP contribution is 2.24. The summed E-state index contributed by atoms with van der Waals surface area (Å²) in [6.07, 6.45) is 4.92. The number of aromatic nitrogens is 4. The minimum absolute atomic E-state index is 0.0112. The van der Waals surface area contributed by atoms with Gasteiger partial charge < -0.3 is 29.3 Å². The number of nitrogens with zero attached hydrogens (tertiary/aromatic N) is 3. The van der Waals surface area contributed by atoms with Gasteiger partial charge in [0.25, 0.3) is 0 Å². The number of carbonyl (C=O) groups excluding carboxylic acids is 1. The molecule has 0 radical (unpaired) electrons. The summed E-state index contributed by atoms with van der Waals surface area (Å²) in [6, 6.07) is 7.94. The van der Waals surface area contributed by atoms with Gasteiger partial charge in [0.15, 0.2) is 6.04 Å². The summed E-state index contributed by atoms with van der Waals surface area (Å²) >= 11 is 0. The first-order valence-corrected chi connectivity index (χ1v) is 11.1. The molecule has 1 atom stereocenters. The van der Waals surface area contributed by atoms with Crippen LogP contribution in [-0.2, 0) is 14.9 Å². The van der Waals surface area contributed by atoms with Gasteiger partial charge in [0.05, 0.1) is 24.0 Å². The first-order chi connectivity index (χ1) is 16.2. The normalized spacial score (nSPS) is 12.3. The third-order valence-corrected chi connectivity index (χ3v) is 5.87. The number of rotatable bonds is 8. The molecular formula is C20H18N6O7S. The molecule has 2 amide bonds. The Morgan fingerprint density at radius 1 is 1.18 bits per heavy atom. The largest absolute Gasteiger partial charge is 0.480 e. The molecule has 1 unspecified atom stereocenters. The lowest BCUT2D eigenvalue weighted by Gasteiger charge is -2.11. The molecule has 0 saturated carbocycles. The fraction of sp³-hybridized carbons (Fsp3) is 0.100. The van der Waals surface area contributed by atoms with Crippen LogP contribution in [0.4, 0.5) is 10.7 Å². The number of hydrogen-bond donors (Lipinski definition) is 5. The number of imidazole rings is 2. The van der Waals surface area contributed by atoms with E-state index in [0.29, 0.717) is 11.0 Å². The van der Waals surface area contributed by atoms with Gasteiger partial charge in [-0.2, -0.15) is 8.42 Å². The van der Waals surface area contributed by atoms with Crippen molar-refractivity contribution < 1.29 is 32.4 Å². The summed E-state index contributed by atoms with van der Waals surface area (Å²) in [4.78, 5) is 33.6. The zero-order valence-corrected chi connectivity index (χ0v) is 18.1. The maximum atomic E-state index is 12.7. The molecule has 5 N–H and O–H groups in total. The predicted molar refractivity (Wildman–Crippen MR) is 118 cm³/mol. The van der Waals surface area contributed by atoms with Crippen molar-refractivity contribution in [2.24, 2.45) is 0 Å². The highest BCUT2D eigenvalue weighted by Gasteiger charge is 2.20. The standard InChI is InChI=1S/C20H18N6O7S/c27-10-17(18(28)29)24-20(30)25-19-22-15-6-3-13(9-16(15)23-19)33-34(31,32)14-4-1-12(2-5-14)26-8-7-21-11-26/h1-9,11,17,27H,10H2,(H,28,29)(H3,22,23,24,25,30). The number of aliphatic hydroxyl groups excluding tert-OH is 1. The fourth-order valence-electron chi connectivity index (χ4n) is 2.96. The Bertz CT molecular complexity index is 1430. The average molecular weight is 486 g/mol. The van der Waals surface area contributed by atoms with Gasteiger partial charge in [-0.3, -0.25) is 5.32 Å². The lowest BCUT2D eigenvalue weighted by molar-refractivity contribution is -0.140. The molecule has 2 heterocycles. The smallest absolute Gasteiger partial charge is 0.339 e. The Balaban J connectivity index is 1.47. The van der Waals surface area contributed by atoms with Crippen molar-refractivity contribution in [1.82, 2.24) is 24.8 Å². The Morgan fingerprint density at radius 2 is 1.94 bits per heavy atom. The van der Waals surface area contributed by atoms with Gasteiger partial charge in [-0.25, -0.2) is 19.6 Å². The molecule has 4 aromatic rings. The number of carboxylic acids is 1. The SMILES string of the molecule is O=C(Nc1nc2ccc(OS(=O)(=O)c3ccc(-n4ccnc4)cc3)cc2[nH]1)NC(CO)C(=O)O. The van der Waals surface area contributed by atoms with Crippen molar-refractivity contribution in [2.45, 2.75) is 10.9 Å². The number of aliphatic hydroxyl groups is 1. The minimum atomic E-state index is -4.12. The van der Waals surface area contributed by atoms with Crippen LogP contribution in [0.5, 0.6) is 5.75 Å². The highest BCUT2D eigenvalue weighted by molar-refractivity contribution is 7.87. The molecule has 0 saturated heterocycles. The predicted octanol–water partition coefficient (Wildman–Crippen LogP) is 1.08. The van der Waals surface area contributed by atoms with Gasteiger partial charge in [0, 0.05) is 24.1 Å². The van der Waals surface area contributed by atoms with Crippen LogP contribution in [0.25, 0.3) is 16.7 Å². The number of amides is 2. The van der Waals surface area contributed by atoms with E-state index in [-0.39, 0.29) is 16.6 Å². The molecule has 0 fully saturated rings. The van der Waals surface area contributed by atoms with E-state index in [4.69, 9.17) is 14.4 Å². The van der Waals surface area contributed by atoms with E-state index in [2.05, 4.69) is 25.6 Å². The topological polar surface area (TPSA) is 189 Å². The number of H-pyrrole nitrogens is 1. The zero-order valence-electron chi connectivity index (χ0n) is 17.2. The van der Waals surface area contributed by atoms with Crippen molar-refractivity contribution in [3.05, 3.63) is 61.2 Å². The van der Waals surface area contributed by atoms with E-state index in [1.807, 2.05) is 0 Å². The van der Waals surface area contributed by atoms with E-state index in [9.17, 15) is 18.0 Å². The number of hydrogen-bond acceptors (Lipinski definition) is 8. The number of anilines is 1. The van der Waals surface area contributed by atoms with E-state index in [1.165, 1.54) is 30.3 Å². The molecule has 34 heavy (non-hydrogen) atoms. The molecule has 4 rings (SSSR count). The average Bonchev–Trinajstić information content (AvgIpc) is 3.46. The van der Waals surface area contributed by atoms with Crippen LogP contribution in [0.3, 0.4) is 0 Å². The molecule has 176 valence electrons. The monoisotopic (exact) mass is 486 g/mol. The molecule has 0 spiro atoms. The maximum Gasteiger partial charge on any atom is 0.339 e. The maximum absolute atomic E-state index is 12.7. The van der Waals surface area contributed by atoms with Crippen LogP contribution in [0.15, 0.2) is 66.1 Å². The van der Waals surface area contributed by atoms with Crippen LogP contribution < -0.4 is 14.8 Å². The van der Waals surface area contributed by atoms with Crippen LogP contribution in [0, 0.1) is 0 Å². The lowest BCUT2D eigenvalue weighted by atomic mass is 10.3. The minimum Gasteiger partial charge on any atom is -0.480 e. The van der Waals surface area contributed by atoms with Crippen molar-refractivity contribution in [2.75, 3.05) is 11.9 Å². The van der Waals surface area contributed by atoms with Crippen molar-refractivity contribution in [3.63, 3.8) is 0 Å². The Hall–Kier alpha value is -4.43. The second kappa shape index (κ2) is 9.21. The summed E-state index contributed by atoms with van der Waals surface area (Å²) < 4.78 is 32.3. The van der Waals surface area contributed by atoms with Gasteiger partial charge in [-0.1, -0.05) is 0 Å². The summed E-state index contributed by atoms with van der Waals surface area (Å²) in [5.74, 6) is -1.41. The van der Waals surface area contributed by atoms with Crippen LogP contribution in [-0.4, -0.2) is 62.8 Å². The van der Waals surface area contributed by atoms with E-state index < -0.39 is 34.8 Å². The Labute approximate surface area is 192 Å². The zero-order chi connectivity index (χ0) is 24.3. The van der Waals surface area contributed by atoms with E-state index in [0.717, 1.165) is 5.69 Å². The number of carboxylic acid groups (broad SMARTS) is 1. The van der Waals surface area contributed by atoms with E-state index in [1.54, 1.807) is 35.4 Å². The Kier molecular flexibility index (Phi) is 6.16. The molecule has 0 aliphatic heterocycles. The molecule has 2 aromatic carbocycles. The third kappa shape index (κ3) is 4.97. The van der Waals surface area contributed by atoms with Gasteiger partial charge in [0.2, 0.25) is 5.95 Å². The first-order valence-electron chi connectivity index (χ1n) is 9.69. The second-order valence-corrected chi connectivity index (χ2v) is 8.48. The molecule has 14 heteroatoms. The van der Waals surface area contributed by atoms with Gasteiger partial charge in [0.1, 0.15) is 10.6 Å². The van der Waals surface area contributed by atoms with Crippen LogP contribution >= 0.6 is 0 Å². The number of carbonyl (C=O) groups is 2. The lowest BCUT2D eigenvalue weighted by Crippen LogP contribution is -2.45. The molecule has 0 aliphatic carbocycles. The molecule has 2 aromatic heterocycles. The highest BCUT2D eigenvalue weighted by atomic mass is 32.2. The second-order valence-electron chi connectivity index (χ2n) is 6.94. The fourth-order valence-corrected chi connectivity index (χ4v) is 3.88. The molecule has 13 nitrogen and oxygen atoms in total. The molecule has 0 bridgehead atoms. The van der Waals surface area contributed by atoms with Gasteiger partial charge in [-0.15, -0.1) is 0 Å². The number of nitrogens with one attached hydrogen (secondary N) is 3. The third-order valence-electron chi connectivity index (χ3n) is 4.61. The molecular weight excluding hydrogens is 468 g/mol.